The van der Waals surface area contributed by atoms with E-state index < -0.39 is 5.60 Å². The van der Waals surface area contributed by atoms with Crippen LogP contribution in [0.3, 0.4) is 0 Å². The van der Waals surface area contributed by atoms with Gasteiger partial charge in [-0.3, -0.25) is 0 Å². The summed E-state index contributed by atoms with van der Waals surface area (Å²) in [6.07, 6.45) is 4.29. The number of aryl methyl sites for hydroxylation is 1. The van der Waals surface area contributed by atoms with Gasteiger partial charge in [-0.25, -0.2) is 4.39 Å². The third kappa shape index (κ3) is 3.11. The molecule has 0 amide bonds. The van der Waals surface area contributed by atoms with Crippen molar-refractivity contribution < 1.29 is 9.50 Å². The molecule has 1 fully saturated rings. The minimum atomic E-state index is -0.645. The molecular weight excluding hydrogens is 227 g/mol. The highest BCUT2D eigenvalue weighted by Crippen LogP contribution is 2.41. The van der Waals surface area contributed by atoms with Gasteiger partial charge >= 0.3 is 0 Å². The summed E-state index contributed by atoms with van der Waals surface area (Å²) in [6, 6.07) is 4.83. The fraction of sp³-hybridized carbons (Fsp3) is 0.625. The first-order valence-corrected chi connectivity index (χ1v) is 6.77. The first-order valence-electron chi connectivity index (χ1n) is 6.77. The van der Waals surface area contributed by atoms with Gasteiger partial charge in [0, 0.05) is 6.42 Å². The van der Waals surface area contributed by atoms with E-state index in [9.17, 15) is 9.50 Å². The molecule has 0 aromatic heterocycles. The van der Waals surface area contributed by atoms with Crippen molar-refractivity contribution in [1.29, 1.82) is 0 Å². The van der Waals surface area contributed by atoms with Crippen LogP contribution in [0.4, 0.5) is 4.39 Å². The summed E-state index contributed by atoms with van der Waals surface area (Å²) in [5.41, 5.74) is 1.70. The average molecular weight is 250 g/mol. The van der Waals surface area contributed by atoms with Crippen LogP contribution >= 0.6 is 0 Å². The molecule has 2 rings (SSSR count). The number of aliphatic hydroxyl groups is 1. The maximum atomic E-state index is 13.3. The number of benzene rings is 1. The van der Waals surface area contributed by atoms with E-state index in [1.54, 1.807) is 12.1 Å². The molecule has 100 valence electrons. The summed E-state index contributed by atoms with van der Waals surface area (Å²) in [4.78, 5) is 0. The third-order valence-corrected chi connectivity index (χ3v) is 4.36. The lowest BCUT2D eigenvalue weighted by atomic mass is 9.69. The Morgan fingerprint density at radius 3 is 2.39 bits per heavy atom. The summed E-state index contributed by atoms with van der Waals surface area (Å²) in [5, 5.41) is 10.6. The molecule has 0 atom stereocenters. The molecule has 1 aliphatic rings. The van der Waals surface area contributed by atoms with E-state index in [2.05, 4.69) is 13.8 Å². The van der Waals surface area contributed by atoms with Gasteiger partial charge in [0.1, 0.15) is 5.82 Å². The zero-order valence-electron chi connectivity index (χ0n) is 11.6. The topological polar surface area (TPSA) is 20.2 Å². The van der Waals surface area contributed by atoms with Gasteiger partial charge < -0.3 is 5.11 Å². The lowest BCUT2D eigenvalue weighted by Crippen LogP contribution is -2.38. The Balaban J connectivity index is 2.11. The molecule has 0 heterocycles. The Morgan fingerprint density at radius 2 is 1.78 bits per heavy atom. The average Bonchev–Trinajstić information content (AvgIpc) is 2.29. The van der Waals surface area contributed by atoms with Crippen molar-refractivity contribution in [2.75, 3.05) is 0 Å². The van der Waals surface area contributed by atoms with E-state index in [4.69, 9.17) is 0 Å². The molecule has 1 nitrogen and oxygen atoms in total. The normalized spacial score (nSPS) is 21.8. The van der Waals surface area contributed by atoms with Crippen molar-refractivity contribution in [1.82, 2.24) is 0 Å². The van der Waals surface area contributed by atoms with Crippen LogP contribution in [0, 0.1) is 18.2 Å². The fourth-order valence-electron chi connectivity index (χ4n) is 2.75. The summed E-state index contributed by atoms with van der Waals surface area (Å²) in [7, 11) is 0. The zero-order valence-corrected chi connectivity index (χ0v) is 11.6. The SMILES string of the molecule is Cc1ccc(F)cc1CC1(O)CCC(C)(C)CC1. The summed E-state index contributed by atoms with van der Waals surface area (Å²) < 4.78 is 13.3. The van der Waals surface area contributed by atoms with Crippen molar-refractivity contribution >= 4 is 0 Å². The second-order valence-electron chi connectivity index (χ2n) is 6.64. The molecule has 1 aromatic rings. The Bertz CT molecular complexity index is 427. The molecule has 0 radical (unpaired) electrons. The Kier molecular flexibility index (Phi) is 3.50. The first-order chi connectivity index (χ1) is 8.30. The monoisotopic (exact) mass is 250 g/mol. The quantitative estimate of drug-likeness (QED) is 0.841. The van der Waals surface area contributed by atoms with Crippen LogP contribution in [-0.4, -0.2) is 10.7 Å². The lowest BCUT2D eigenvalue weighted by Gasteiger charge is -2.40. The molecular formula is C16H23FO. The highest BCUT2D eigenvalue weighted by molar-refractivity contribution is 5.28. The highest BCUT2D eigenvalue weighted by Gasteiger charge is 2.36. The Morgan fingerprint density at radius 1 is 1.17 bits per heavy atom. The van der Waals surface area contributed by atoms with Gasteiger partial charge in [-0.15, -0.1) is 0 Å². The maximum absolute atomic E-state index is 13.3. The van der Waals surface area contributed by atoms with Crippen LogP contribution in [0.1, 0.15) is 50.7 Å². The van der Waals surface area contributed by atoms with E-state index >= 15 is 0 Å². The lowest BCUT2D eigenvalue weighted by molar-refractivity contribution is -0.0252. The van der Waals surface area contributed by atoms with Crippen molar-refractivity contribution in [3.05, 3.63) is 35.1 Å². The van der Waals surface area contributed by atoms with Crippen molar-refractivity contribution in [3.63, 3.8) is 0 Å². The summed E-state index contributed by atoms with van der Waals surface area (Å²) >= 11 is 0. The van der Waals surface area contributed by atoms with Crippen LogP contribution in [-0.2, 0) is 6.42 Å². The van der Waals surface area contributed by atoms with E-state index in [-0.39, 0.29) is 5.82 Å². The Hall–Kier alpha value is -0.890. The molecule has 0 aliphatic heterocycles. The smallest absolute Gasteiger partial charge is 0.123 e. The molecule has 18 heavy (non-hydrogen) atoms. The number of halogens is 1. The predicted octanol–water partition coefficient (Wildman–Crippen LogP) is 4.01. The number of hydrogen-bond acceptors (Lipinski definition) is 1. The molecule has 1 aromatic carbocycles. The molecule has 1 saturated carbocycles. The zero-order chi connectivity index (χ0) is 13.4. The minimum absolute atomic E-state index is 0.213. The largest absolute Gasteiger partial charge is 0.390 e. The fourth-order valence-corrected chi connectivity index (χ4v) is 2.75. The standard InChI is InChI=1S/C16H23FO/c1-12-4-5-14(17)10-13(12)11-16(18)8-6-15(2,3)7-9-16/h4-5,10,18H,6-9,11H2,1-3H3. The predicted molar refractivity (Wildman–Crippen MR) is 72.0 cm³/mol. The van der Waals surface area contributed by atoms with Gasteiger partial charge in [0.05, 0.1) is 5.60 Å². The van der Waals surface area contributed by atoms with Crippen LogP contribution in [0.2, 0.25) is 0 Å². The maximum Gasteiger partial charge on any atom is 0.123 e. The van der Waals surface area contributed by atoms with E-state index in [0.717, 1.165) is 36.8 Å². The van der Waals surface area contributed by atoms with Gasteiger partial charge in [0.25, 0.3) is 0 Å². The van der Waals surface area contributed by atoms with Gasteiger partial charge in [-0.05, 0) is 61.3 Å². The van der Waals surface area contributed by atoms with Crippen LogP contribution in [0.15, 0.2) is 18.2 Å². The van der Waals surface area contributed by atoms with Crippen molar-refractivity contribution in [3.8, 4) is 0 Å². The molecule has 2 heteroatoms. The van der Waals surface area contributed by atoms with E-state index in [0.29, 0.717) is 11.8 Å². The van der Waals surface area contributed by atoms with Gasteiger partial charge in [0.2, 0.25) is 0 Å². The van der Waals surface area contributed by atoms with Gasteiger partial charge in [0.15, 0.2) is 0 Å². The Labute approximate surface area is 109 Å². The van der Waals surface area contributed by atoms with E-state index in [1.807, 2.05) is 6.92 Å². The van der Waals surface area contributed by atoms with E-state index in [1.165, 1.54) is 6.07 Å². The van der Waals surface area contributed by atoms with Gasteiger partial charge in [-0.2, -0.15) is 0 Å². The van der Waals surface area contributed by atoms with Crippen LogP contribution < -0.4 is 0 Å². The second-order valence-corrected chi connectivity index (χ2v) is 6.64. The third-order valence-electron chi connectivity index (χ3n) is 4.36. The molecule has 1 N–H and O–H groups in total. The molecule has 0 unspecified atom stereocenters. The van der Waals surface area contributed by atoms with Crippen molar-refractivity contribution in [2.24, 2.45) is 5.41 Å². The summed E-state index contributed by atoms with van der Waals surface area (Å²) in [6.45, 7) is 6.48. The second kappa shape index (κ2) is 4.65. The minimum Gasteiger partial charge on any atom is -0.390 e. The molecule has 0 spiro atoms. The number of hydrogen-bond donors (Lipinski definition) is 1. The van der Waals surface area contributed by atoms with Gasteiger partial charge in [-0.1, -0.05) is 19.9 Å². The molecule has 1 aliphatic carbocycles. The first kappa shape index (κ1) is 13.5. The van der Waals surface area contributed by atoms with Crippen LogP contribution in [0.5, 0.6) is 0 Å². The van der Waals surface area contributed by atoms with Crippen molar-refractivity contribution in [2.45, 2.75) is 58.5 Å². The van der Waals surface area contributed by atoms with Crippen LogP contribution in [0.25, 0.3) is 0 Å². The highest BCUT2D eigenvalue weighted by atomic mass is 19.1. The molecule has 0 bridgehead atoms. The number of rotatable bonds is 2. The molecule has 0 saturated heterocycles. The summed E-state index contributed by atoms with van der Waals surface area (Å²) in [5.74, 6) is -0.213.